The van der Waals surface area contributed by atoms with Crippen LogP contribution in [0, 0.1) is 12.7 Å². The largest absolute Gasteiger partial charge is 0.464 e. The second kappa shape index (κ2) is 6.07. The Balaban J connectivity index is 1.89. The van der Waals surface area contributed by atoms with Crippen LogP contribution in [-0.2, 0) is 4.74 Å². The maximum atomic E-state index is 13.6. The fraction of sp³-hybridized carbons (Fsp3) is 0.429. The number of aromatic amines is 1. The molecule has 1 aliphatic rings. The van der Waals surface area contributed by atoms with Crippen LogP contribution in [0.2, 0.25) is 0 Å². The molecule has 0 radical (unpaired) electrons. The molecule has 122 valence electrons. The number of hydrogen-bond acceptors (Lipinski definition) is 6. The molecule has 3 heterocycles. The number of rotatable bonds is 3. The summed E-state index contributed by atoms with van der Waals surface area (Å²) in [5, 5.41) is 6.59. The second-order valence-corrected chi connectivity index (χ2v) is 6.43. The van der Waals surface area contributed by atoms with Gasteiger partial charge >= 0.3 is 5.97 Å². The van der Waals surface area contributed by atoms with Gasteiger partial charge in [0.05, 0.1) is 19.3 Å². The predicted molar refractivity (Wildman–Crippen MR) is 79.7 cm³/mol. The number of hydrogen-bond donors (Lipinski definition) is 1. The highest BCUT2D eigenvalue weighted by atomic mass is 32.1. The quantitative estimate of drug-likeness (QED) is 0.866. The van der Waals surface area contributed by atoms with Gasteiger partial charge in [0.15, 0.2) is 17.2 Å². The Morgan fingerprint density at radius 2 is 2.30 bits per heavy atom. The van der Waals surface area contributed by atoms with Crippen molar-refractivity contribution < 1.29 is 18.7 Å². The van der Waals surface area contributed by atoms with Gasteiger partial charge in [0.25, 0.3) is 5.91 Å². The minimum absolute atomic E-state index is 0.154. The average Bonchev–Trinajstić information content (AvgIpc) is 3.24. The minimum atomic E-state index is -0.675. The van der Waals surface area contributed by atoms with Crippen LogP contribution >= 0.6 is 11.3 Å². The molecule has 3 rings (SSSR count). The van der Waals surface area contributed by atoms with Crippen molar-refractivity contribution in [3.8, 4) is 0 Å². The highest BCUT2D eigenvalue weighted by molar-refractivity contribution is 7.12. The molecule has 0 aromatic carbocycles. The predicted octanol–water partition coefficient (Wildman–Crippen LogP) is 2.08. The first kappa shape index (κ1) is 15.6. The second-order valence-electron chi connectivity index (χ2n) is 5.20. The topological polar surface area (TPSA) is 88.2 Å². The Labute approximate surface area is 135 Å². The molecule has 7 nitrogen and oxygen atoms in total. The van der Waals surface area contributed by atoms with Gasteiger partial charge in [0, 0.05) is 11.4 Å². The molecule has 0 spiro atoms. The van der Waals surface area contributed by atoms with Crippen LogP contribution in [0.25, 0.3) is 0 Å². The molecule has 23 heavy (non-hydrogen) atoms. The van der Waals surface area contributed by atoms with Crippen molar-refractivity contribution in [1.29, 1.82) is 0 Å². The number of amides is 1. The van der Waals surface area contributed by atoms with Crippen LogP contribution in [0.3, 0.4) is 0 Å². The number of likely N-dealkylation sites (tertiary alicyclic amines) is 1. The van der Waals surface area contributed by atoms with Gasteiger partial charge in [-0.15, -0.1) is 11.3 Å². The molecule has 2 aromatic rings. The smallest absolute Gasteiger partial charge is 0.357 e. The summed E-state index contributed by atoms with van der Waals surface area (Å²) in [6.45, 7) is 2.29. The maximum Gasteiger partial charge on any atom is 0.357 e. The number of aryl methyl sites for hydroxylation is 1. The standard InChI is InChI=1S/C14H15FN4O3S/c1-7-10(14(21)22-2)17-12(23-7)9-4-3-5-19(9)13(20)11-8(15)6-16-18-11/h6,9H,3-5H2,1-2H3,(H,16,18)/t9-/m0/s1. The van der Waals surface area contributed by atoms with E-state index in [1.165, 1.54) is 18.4 Å². The Hall–Kier alpha value is -2.29. The van der Waals surface area contributed by atoms with E-state index >= 15 is 0 Å². The van der Waals surface area contributed by atoms with E-state index in [1.54, 1.807) is 11.8 Å². The number of ether oxygens (including phenoxy) is 1. The van der Waals surface area contributed by atoms with E-state index in [0.717, 1.165) is 23.9 Å². The van der Waals surface area contributed by atoms with Gasteiger partial charge in [-0.25, -0.2) is 14.2 Å². The first-order valence-electron chi connectivity index (χ1n) is 7.08. The van der Waals surface area contributed by atoms with Gasteiger partial charge in [0.2, 0.25) is 0 Å². The van der Waals surface area contributed by atoms with Crippen molar-refractivity contribution in [2.75, 3.05) is 13.7 Å². The zero-order valence-electron chi connectivity index (χ0n) is 12.6. The van der Waals surface area contributed by atoms with E-state index in [2.05, 4.69) is 15.2 Å². The summed E-state index contributed by atoms with van der Waals surface area (Å²) in [5.74, 6) is -1.62. The summed E-state index contributed by atoms with van der Waals surface area (Å²) in [7, 11) is 1.30. The highest BCUT2D eigenvalue weighted by Crippen LogP contribution is 2.36. The third-order valence-electron chi connectivity index (χ3n) is 3.80. The first-order valence-corrected chi connectivity index (χ1v) is 7.90. The van der Waals surface area contributed by atoms with Crippen molar-refractivity contribution in [3.63, 3.8) is 0 Å². The van der Waals surface area contributed by atoms with Crippen molar-refractivity contribution in [3.05, 3.63) is 33.3 Å². The SMILES string of the molecule is COC(=O)c1nc([C@@H]2CCCN2C(=O)c2[nH]ncc2F)sc1C. The number of nitrogens with zero attached hydrogens (tertiary/aromatic N) is 3. The van der Waals surface area contributed by atoms with E-state index in [9.17, 15) is 14.0 Å². The lowest BCUT2D eigenvalue weighted by Gasteiger charge is -2.22. The molecule has 1 atom stereocenters. The molecular formula is C14H15FN4O3S. The van der Waals surface area contributed by atoms with Crippen LogP contribution in [0.5, 0.6) is 0 Å². The summed E-state index contributed by atoms with van der Waals surface area (Å²) >= 11 is 1.35. The lowest BCUT2D eigenvalue weighted by Crippen LogP contribution is -2.31. The lowest BCUT2D eigenvalue weighted by atomic mass is 10.2. The average molecular weight is 338 g/mol. The molecule has 0 unspecified atom stereocenters. The molecular weight excluding hydrogens is 323 g/mol. The van der Waals surface area contributed by atoms with Crippen molar-refractivity contribution in [1.82, 2.24) is 20.1 Å². The number of methoxy groups -OCH3 is 1. The molecule has 1 saturated heterocycles. The highest BCUT2D eigenvalue weighted by Gasteiger charge is 2.35. The molecule has 1 aliphatic heterocycles. The van der Waals surface area contributed by atoms with Gasteiger partial charge in [-0.2, -0.15) is 5.10 Å². The number of thiazole rings is 1. The maximum absolute atomic E-state index is 13.6. The monoisotopic (exact) mass is 338 g/mol. The molecule has 1 fully saturated rings. The summed E-state index contributed by atoms with van der Waals surface area (Å²) in [5.41, 5.74) is 0.109. The van der Waals surface area contributed by atoms with Gasteiger partial charge in [0.1, 0.15) is 5.01 Å². The molecule has 1 N–H and O–H groups in total. The molecule has 0 bridgehead atoms. The number of carbonyl (C=O) groups excluding carboxylic acids is 2. The first-order chi connectivity index (χ1) is 11.0. The van der Waals surface area contributed by atoms with Crippen LogP contribution in [-0.4, -0.2) is 45.6 Å². The van der Waals surface area contributed by atoms with Gasteiger partial charge in [-0.05, 0) is 19.8 Å². The minimum Gasteiger partial charge on any atom is -0.464 e. The van der Waals surface area contributed by atoms with Gasteiger partial charge in [-0.1, -0.05) is 0 Å². The number of halogens is 1. The number of esters is 1. The van der Waals surface area contributed by atoms with E-state index in [-0.39, 0.29) is 17.4 Å². The zero-order chi connectivity index (χ0) is 16.6. The van der Waals surface area contributed by atoms with Crippen LogP contribution < -0.4 is 0 Å². The number of nitrogens with one attached hydrogen (secondary N) is 1. The Kier molecular flexibility index (Phi) is 4.12. The Morgan fingerprint density at radius 1 is 1.52 bits per heavy atom. The number of H-pyrrole nitrogens is 1. The summed E-state index contributed by atoms with van der Waals surface area (Å²) in [4.78, 5) is 30.8. The third-order valence-corrected chi connectivity index (χ3v) is 4.87. The molecule has 0 saturated carbocycles. The Bertz CT molecular complexity index is 757. The van der Waals surface area contributed by atoms with E-state index in [4.69, 9.17) is 4.74 Å². The fourth-order valence-corrected chi connectivity index (χ4v) is 3.73. The zero-order valence-corrected chi connectivity index (χ0v) is 13.4. The normalized spacial score (nSPS) is 17.5. The van der Waals surface area contributed by atoms with Crippen molar-refractivity contribution >= 4 is 23.2 Å². The molecule has 2 aromatic heterocycles. The lowest BCUT2D eigenvalue weighted by molar-refractivity contribution is 0.0593. The summed E-state index contributed by atoms with van der Waals surface area (Å²) < 4.78 is 18.3. The number of aromatic nitrogens is 3. The molecule has 9 heteroatoms. The molecule has 0 aliphatic carbocycles. The van der Waals surface area contributed by atoms with Crippen LogP contribution in [0.1, 0.15) is 49.7 Å². The van der Waals surface area contributed by atoms with E-state index < -0.39 is 17.7 Å². The van der Waals surface area contributed by atoms with E-state index in [0.29, 0.717) is 11.6 Å². The van der Waals surface area contributed by atoms with Crippen molar-refractivity contribution in [2.45, 2.75) is 25.8 Å². The number of carbonyl (C=O) groups is 2. The van der Waals surface area contributed by atoms with E-state index in [1.807, 2.05) is 0 Å². The van der Waals surface area contributed by atoms with Crippen LogP contribution in [0.15, 0.2) is 6.20 Å². The fourth-order valence-electron chi connectivity index (χ4n) is 2.68. The summed E-state index contributed by atoms with van der Waals surface area (Å²) in [6, 6.07) is -0.271. The van der Waals surface area contributed by atoms with Gasteiger partial charge in [-0.3, -0.25) is 9.89 Å². The summed E-state index contributed by atoms with van der Waals surface area (Å²) in [6.07, 6.45) is 2.48. The third kappa shape index (κ3) is 2.72. The van der Waals surface area contributed by atoms with Gasteiger partial charge < -0.3 is 9.64 Å². The van der Waals surface area contributed by atoms with Crippen LogP contribution in [0.4, 0.5) is 4.39 Å². The van der Waals surface area contributed by atoms with Crippen molar-refractivity contribution in [2.24, 2.45) is 0 Å². The Morgan fingerprint density at radius 3 is 2.96 bits per heavy atom. The molecule has 1 amide bonds.